The topological polar surface area (TPSA) is 79.7 Å². The van der Waals surface area contributed by atoms with Gasteiger partial charge in [-0.1, -0.05) is 0 Å². The first-order valence-electron chi connectivity index (χ1n) is 10.8. The van der Waals surface area contributed by atoms with E-state index in [1.807, 2.05) is 4.57 Å². The van der Waals surface area contributed by atoms with Crippen molar-refractivity contribution in [2.24, 2.45) is 0 Å². The van der Waals surface area contributed by atoms with Crippen molar-refractivity contribution in [2.45, 2.75) is 76.7 Å². The molecule has 3 rings (SSSR count). The molecule has 1 fully saturated rings. The number of imidazole rings is 1. The van der Waals surface area contributed by atoms with Crippen LogP contribution in [0.25, 0.3) is 0 Å². The summed E-state index contributed by atoms with van der Waals surface area (Å²) in [6.45, 7) is 7.61. The summed E-state index contributed by atoms with van der Waals surface area (Å²) in [6.07, 6.45) is -15.6. The molecule has 2 aliphatic rings. The van der Waals surface area contributed by atoms with E-state index in [1.54, 1.807) is 13.1 Å². The Balaban J connectivity index is 1.57. The van der Waals surface area contributed by atoms with Crippen LogP contribution in [-0.2, 0) is 17.8 Å². The molecule has 0 atom stereocenters. The van der Waals surface area contributed by atoms with Gasteiger partial charge in [0.2, 0.25) is 0 Å². The zero-order chi connectivity index (χ0) is 25.5. The Bertz CT molecular complexity index is 891. The van der Waals surface area contributed by atoms with Gasteiger partial charge in [-0.05, 0) is 33.6 Å². The molecule has 0 unspecified atom stereocenters. The van der Waals surface area contributed by atoms with Crippen molar-refractivity contribution in [3.8, 4) is 0 Å². The molecule has 0 aromatic carbocycles. The molecule has 1 aromatic rings. The summed E-state index contributed by atoms with van der Waals surface area (Å²) in [5.41, 5.74) is -0.600. The Morgan fingerprint density at radius 2 is 1.65 bits per heavy atom. The molecule has 14 heteroatoms. The van der Waals surface area contributed by atoms with Crippen LogP contribution in [0.5, 0.6) is 0 Å². The van der Waals surface area contributed by atoms with Gasteiger partial charge in [-0.15, -0.1) is 0 Å². The number of amides is 2. The monoisotopic (exact) mass is 499 g/mol. The molecule has 34 heavy (non-hydrogen) atoms. The molecule has 0 bridgehead atoms. The van der Waals surface area contributed by atoms with Gasteiger partial charge in [-0.2, -0.15) is 26.3 Å². The number of carbonyl (C=O) groups excluding carboxylic acids is 2. The summed E-state index contributed by atoms with van der Waals surface area (Å²) in [5.74, 6) is 0.322. The smallest absolute Gasteiger partial charge is 0.426 e. The highest BCUT2D eigenvalue weighted by Gasteiger charge is 2.60. The van der Waals surface area contributed by atoms with Crippen LogP contribution in [0.1, 0.15) is 49.9 Å². The third-order valence-electron chi connectivity index (χ3n) is 6.15. The Labute approximate surface area is 192 Å². The summed E-state index contributed by atoms with van der Waals surface area (Å²) in [4.78, 5) is 32.1. The van der Waals surface area contributed by atoms with Gasteiger partial charge < -0.3 is 19.5 Å². The van der Waals surface area contributed by atoms with Crippen LogP contribution in [0.2, 0.25) is 0 Å². The lowest BCUT2D eigenvalue weighted by molar-refractivity contribution is -0.308. The number of piperidine rings is 1. The molecule has 1 N–H and O–H groups in total. The second kappa shape index (κ2) is 9.27. The molecule has 1 aromatic heterocycles. The molecular weight excluding hydrogens is 472 g/mol. The highest BCUT2D eigenvalue weighted by atomic mass is 19.4. The van der Waals surface area contributed by atoms with Gasteiger partial charge in [-0.25, -0.2) is 9.78 Å². The van der Waals surface area contributed by atoms with E-state index in [1.165, 1.54) is 0 Å². The van der Waals surface area contributed by atoms with Crippen LogP contribution >= 0.6 is 0 Å². The van der Waals surface area contributed by atoms with Gasteiger partial charge in [0, 0.05) is 44.0 Å². The molecule has 3 heterocycles. The van der Waals surface area contributed by atoms with Crippen molar-refractivity contribution in [1.82, 2.24) is 24.7 Å². The van der Waals surface area contributed by atoms with Gasteiger partial charge in [0.05, 0.1) is 6.54 Å². The SMILES string of the molecule is CC(C)N1CCn2cc(C(=O)NC3(C)CCN(C(=O)OC(C(F)(F)F)C(F)(F)F)CC3)nc2C1. The fourth-order valence-corrected chi connectivity index (χ4v) is 3.96. The molecule has 8 nitrogen and oxygen atoms in total. The van der Waals surface area contributed by atoms with Crippen molar-refractivity contribution >= 4 is 12.0 Å². The van der Waals surface area contributed by atoms with E-state index in [4.69, 9.17) is 0 Å². The summed E-state index contributed by atoms with van der Waals surface area (Å²) >= 11 is 0. The minimum absolute atomic E-state index is 0.116. The zero-order valence-electron chi connectivity index (χ0n) is 19.0. The van der Waals surface area contributed by atoms with Gasteiger partial charge in [0.15, 0.2) is 0 Å². The van der Waals surface area contributed by atoms with Crippen LogP contribution < -0.4 is 5.32 Å². The van der Waals surface area contributed by atoms with Crippen molar-refractivity contribution in [1.29, 1.82) is 0 Å². The predicted molar refractivity (Wildman–Crippen MR) is 107 cm³/mol. The Kier molecular flexibility index (Phi) is 7.11. The van der Waals surface area contributed by atoms with E-state index in [0.29, 0.717) is 19.1 Å². The quantitative estimate of drug-likeness (QED) is 0.644. The number of likely N-dealkylation sites (tertiary alicyclic amines) is 1. The number of nitrogens with zero attached hydrogens (tertiary/aromatic N) is 4. The van der Waals surface area contributed by atoms with Crippen LogP contribution in [0.3, 0.4) is 0 Å². The second-order valence-corrected chi connectivity index (χ2v) is 9.15. The second-order valence-electron chi connectivity index (χ2n) is 9.15. The van der Waals surface area contributed by atoms with E-state index in [0.717, 1.165) is 17.3 Å². The lowest BCUT2D eigenvalue weighted by Gasteiger charge is -2.39. The van der Waals surface area contributed by atoms with E-state index >= 15 is 0 Å². The first-order valence-corrected chi connectivity index (χ1v) is 10.8. The summed E-state index contributed by atoms with van der Waals surface area (Å²) < 4.78 is 81.5. The van der Waals surface area contributed by atoms with Crippen molar-refractivity contribution < 1.29 is 40.7 Å². The van der Waals surface area contributed by atoms with E-state index in [-0.39, 0.29) is 31.6 Å². The van der Waals surface area contributed by atoms with Gasteiger partial charge in [0.1, 0.15) is 11.5 Å². The van der Waals surface area contributed by atoms with E-state index < -0.39 is 36.0 Å². The standard InChI is InChI=1S/C20H27F6N5O3/c1-12(2)30-8-9-31-10-13(27-14(31)11-30)15(32)28-18(3)4-6-29(7-5-18)17(33)34-16(19(21,22)23)20(24,25)26/h10,12,16H,4-9,11H2,1-3H3,(H,28,32). The molecule has 0 saturated carbocycles. The third-order valence-corrected chi connectivity index (χ3v) is 6.15. The molecule has 0 radical (unpaired) electrons. The lowest BCUT2D eigenvalue weighted by atomic mass is 9.89. The Morgan fingerprint density at radius 1 is 1.06 bits per heavy atom. The number of carbonyl (C=O) groups is 2. The first-order chi connectivity index (χ1) is 15.6. The number of ether oxygens (including phenoxy) is 1. The third kappa shape index (κ3) is 5.94. The van der Waals surface area contributed by atoms with Crippen molar-refractivity contribution in [3.05, 3.63) is 17.7 Å². The zero-order valence-corrected chi connectivity index (χ0v) is 19.0. The highest BCUT2D eigenvalue weighted by Crippen LogP contribution is 2.36. The fraction of sp³-hybridized carbons (Fsp3) is 0.750. The maximum atomic E-state index is 12.8. The maximum absolute atomic E-state index is 12.8. The van der Waals surface area contributed by atoms with Gasteiger partial charge in [-0.3, -0.25) is 9.69 Å². The number of nitrogens with one attached hydrogen (secondary N) is 1. The summed E-state index contributed by atoms with van der Waals surface area (Å²) in [7, 11) is 0. The highest BCUT2D eigenvalue weighted by molar-refractivity contribution is 5.92. The fourth-order valence-electron chi connectivity index (χ4n) is 3.96. The minimum Gasteiger partial charge on any atom is -0.426 e. The normalized spacial score (nSPS) is 19.3. The minimum atomic E-state index is -5.78. The maximum Gasteiger partial charge on any atom is 0.434 e. The van der Waals surface area contributed by atoms with Crippen LogP contribution in [-0.4, -0.2) is 81.0 Å². The molecule has 192 valence electrons. The van der Waals surface area contributed by atoms with Crippen LogP contribution in [0, 0.1) is 0 Å². The lowest BCUT2D eigenvalue weighted by Crippen LogP contribution is -2.55. The number of halogens is 6. The Hall–Kier alpha value is -2.51. The number of hydrogen-bond acceptors (Lipinski definition) is 5. The first kappa shape index (κ1) is 26.1. The van der Waals surface area contributed by atoms with Crippen molar-refractivity contribution in [2.75, 3.05) is 19.6 Å². The van der Waals surface area contributed by atoms with Gasteiger partial charge >= 0.3 is 18.4 Å². The number of alkyl halides is 6. The molecule has 2 amide bonds. The number of fused-ring (bicyclic) bond motifs is 1. The average Bonchev–Trinajstić information content (AvgIpc) is 3.14. The Morgan fingerprint density at radius 3 is 2.18 bits per heavy atom. The number of hydrogen-bond donors (Lipinski definition) is 1. The molecule has 0 spiro atoms. The number of rotatable bonds is 4. The predicted octanol–water partition coefficient (Wildman–Crippen LogP) is 3.32. The summed E-state index contributed by atoms with van der Waals surface area (Å²) in [6, 6.07) is 0.334. The average molecular weight is 499 g/mol. The van der Waals surface area contributed by atoms with E-state index in [9.17, 15) is 35.9 Å². The molecule has 2 aliphatic heterocycles. The van der Waals surface area contributed by atoms with Crippen LogP contribution in [0.15, 0.2) is 6.20 Å². The molecule has 0 aliphatic carbocycles. The largest absolute Gasteiger partial charge is 0.434 e. The summed E-state index contributed by atoms with van der Waals surface area (Å²) in [5, 5.41) is 2.84. The molecule has 1 saturated heterocycles. The van der Waals surface area contributed by atoms with Gasteiger partial charge in [0.25, 0.3) is 12.0 Å². The number of aromatic nitrogens is 2. The van der Waals surface area contributed by atoms with E-state index in [2.05, 4.69) is 33.8 Å². The van der Waals surface area contributed by atoms with Crippen molar-refractivity contribution in [3.63, 3.8) is 0 Å². The molecular formula is C20H27F6N5O3. The van der Waals surface area contributed by atoms with Crippen LogP contribution in [0.4, 0.5) is 31.1 Å².